The predicted octanol–water partition coefficient (Wildman–Crippen LogP) is 7.42. The lowest BCUT2D eigenvalue weighted by molar-refractivity contribution is -0.0600. The van der Waals surface area contributed by atoms with Crippen molar-refractivity contribution in [2.75, 3.05) is 6.61 Å². The Kier molecular flexibility index (Phi) is 8.70. The summed E-state index contributed by atoms with van der Waals surface area (Å²) in [5.41, 5.74) is 4.12. The molecule has 0 spiro atoms. The lowest BCUT2D eigenvalue weighted by atomic mass is 9.84. The Labute approximate surface area is 185 Å². The summed E-state index contributed by atoms with van der Waals surface area (Å²) in [6.07, 6.45) is 2.31. The van der Waals surface area contributed by atoms with Crippen molar-refractivity contribution in [2.24, 2.45) is 10.8 Å². The van der Waals surface area contributed by atoms with Gasteiger partial charge in [0.15, 0.2) is 0 Å². The van der Waals surface area contributed by atoms with E-state index in [4.69, 9.17) is 9.47 Å². The zero-order valence-electron chi connectivity index (χ0n) is 20.4. The van der Waals surface area contributed by atoms with Gasteiger partial charge in [0.2, 0.25) is 0 Å². The summed E-state index contributed by atoms with van der Waals surface area (Å²) in [7, 11) is 0. The molecule has 0 aliphatic heterocycles. The first-order valence-electron chi connectivity index (χ1n) is 11.4. The second-order valence-corrected chi connectivity index (χ2v) is 10.7. The zero-order chi connectivity index (χ0) is 22.4. The van der Waals surface area contributed by atoms with Crippen LogP contribution in [0.4, 0.5) is 0 Å². The molecule has 0 bridgehead atoms. The van der Waals surface area contributed by atoms with Gasteiger partial charge < -0.3 is 9.47 Å². The van der Waals surface area contributed by atoms with Gasteiger partial charge in [0.25, 0.3) is 0 Å². The van der Waals surface area contributed by atoms with Crippen molar-refractivity contribution in [1.82, 2.24) is 0 Å². The fourth-order valence-electron chi connectivity index (χ4n) is 3.34. The number of rotatable bonds is 9. The number of hydrogen-bond acceptors (Lipinski definition) is 2. The molecule has 0 N–H and O–H groups in total. The highest BCUT2D eigenvalue weighted by atomic mass is 16.5. The van der Waals surface area contributed by atoms with E-state index in [0.29, 0.717) is 0 Å². The molecule has 0 saturated carbocycles. The van der Waals surface area contributed by atoms with Gasteiger partial charge in [-0.2, -0.15) is 0 Å². The van der Waals surface area contributed by atoms with Gasteiger partial charge in [-0.3, -0.25) is 0 Å². The largest absolute Gasteiger partial charge is 0.378 e. The minimum Gasteiger partial charge on any atom is -0.378 e. The van der Waals surface area contributed by atoms with Crippen LogP contribution in [0.5, 0.6) is 0 Å². The van der Waals surface area contributed by atoms with Crippen LogP contribution < -0.4 is 0 Å². The molecule has 2 aromatic rings. The molecule has 0 aromatic heterocycles. The molecule has 0 fully saturated rings. The molecule has 166 valence electrons. The van der Waals surface area contributed by atoms with E-state index >= 15 is 0 Å². The van der Waals surface area contributed by atoms with Crippen molar-refractivity contribution in [3.05, 3.63) is 71.3 Å². The monoisotopic (exact) mass is 410 g/mol. The van der Waals surface area contributed by atoms with Gasteiger partial charge in [-0.05, 0) is 54.2 Å². The summed E-state index contributed by atoms with van der Waals surface area (Å²) < 4.78 is 12.6. The lowest BCUT2D eigenvalue weighted by Gasteiger charge is -2.33. The molecule has 0 aliphatic rings. The molecule has 2 aromatic carbocycles. The molecule has 0 amide bonds. The average Bonchev–Trinajstić information content (AvgIpc) is 2.67. The van der Waals surface area contributed by atoms with Crippen LogP contribution in [0.1, 0.15) is 78.2 Å². The molecular weight excluding hydrogens is 368 g/mol. The maximum atomic E-state index is 6.57. The minimum absolute atomic E-state index is 0.0598. The highest BCUT2D eigenvalue weighted by molar-refractivity contribution is 5.25. The fourth-order valence-corrected chi connectivity index (χ4v) is 3.34. The van der Waals surface area contributed by atoms with Crippen molar-refractivity contribution >= 4 is 0 Å². The number of ether oxygens (including phenoxy) is 2. The van der Waals surface area contributed by atoms with Crippen LogP contribution in [0, 0.1) is 10.8 Å². The second-order valence-electron chi connectivity index (χ2n) is 10.7. The summed E-state index contributed by atoms with van der Waals surface area (Å²) in [6, 6.07) is 19.4. The SMILES string of the molecule is CC(OC(Cc1cccc(CCOC(C)C(C)(C)C)c1)C(C)(C)C)c1ccccc1. The third-order valence-corrected chi connectivity index (χ3v) is 5.99. The lowest BCUT2D eigenvalue weighted by Crippen LogP contribution is -2.32. The topological polar surface area (TPSA) is 18.5 Å². The molecular formula is C28H42O2. The van der Waals surface area contributed by atoms with Gasteiger partial charge in [-0.1, -0.05) is 96.1 Å². The second kappa shape index (κ2) is 10.6. The maximum absolute atomic E-state index is 6.57. The molecule has 0 saturated heterocycles. The van der Waals surface area contributed by atoms with Crippen LogP contribution in [-0.2, 0) is 22.3 Å². The first-order valence-corrected chi connectivity index (χ1v) is 11.4. The molecule has 0 radical (unpaired) electrons. The summed E-state index contributed by atoms with van der Waals surface area (Å²) in [5.74, 6) is 0. The Bertz CT molecular complexity index is 752. The molecule has 3 atom stereocenters. The Morgan fingerprint density at radius 3 is 2.00 bits per heavy atom. The third kappa shape index (κ3) is 7.89. The normalized spacial score (nSPS) is 15.6. The van der Waals surface area contributed by atoms with E-state index in [1.54, 1.807) is 0 Å². The van der Waals surface area contributed by atoms with Crippen molar-refractivity contribution in [3.8, 4) is 0 Å². The van der Waals surface area contributed by atoms with E-state index in [2.05, 4.69) is 110 Å². The summed E-state index contributed by atoms with van der Waals surface area (Å²) in [6.45, 7) is 18.5. The van der Waals surface area contributed by atoms with Crippen molar-refractivity contribution in [1.29, 1.82) is 0 Å². The van der Waals surface area contributed by atoms with Crippen molar-refractivity contribution in [3.63, 3.8) is 0 Å². The summed E-state index contributed by atoms with van der Waals surface area (Å²) >= 11 is 0. The van der Waals surface area contributed by atoms with E-state index in [1.807, 2.05) is 0 Å². The minimum atomic E-state index is 0.0598. The van der Waals surface area contributed by atoms with Gasteiger partial charge in [-0.15, -0.1) is 0 Å². The van der Waals surface area contributed by atoms with Crippen molar-refractivity contribution < 1.29 is 9.47 Å². The fraction of sp³-hybridized carbons (Fsp3) is 0.571. The van der Waals surface area contributed by atoms with E-state index < -0.39 is 0 Å². The molecule has 2 rings (SSSR count). The van der Waals surface area contributed by atoms with Gasteiger partial charge in [0, 0.05) is 0 Å². The van der Waals surface area contributed by atoms with Gasteiger partial charge in [0.05, 0.1) is 24.9 Å². The first-order chi connectivity index (χ1) is 14.0. The van der Waals surface area contributed by atoms with Crippen LogP contribution in [0.3, 0.4) is 0 Å². The number of benzene rings is 2. The molecule has 3 unspecified atom stereocenters. The highest BCUT2D eigenvalue weighted by Gasteiger charge is 2.28. The van der Waals surface area contributed by atoms with E-state index in [-0.39, 0.29) is 29.1 Å². The molecule has 2 nitrogen and oxygen atoms in total. The van der Waals surface area contributed by atoms with Crippen LogP contribution in [-0.4, -0.2) is 18.8 Å². The summed E-state index contributed by atoms with van der Waals surface area (Å²) in [5, 5.41) is 0. The Morgan fingerprint density at radius 1 is 0.767 bits per heavy atom. The standard InChI is InChI=1S/C28H42O2/c1-21(25-15-10-9-11-16-25)30-26(28(6,7)8)20-24-14-12-13-23(19-24)17-18-29-22(2)27(3,4)5/h9-16,19,21-22,26H,17-18,20H2,1-8H3. The zero-order valence-corrected chi connectivity index (χ0v) is 20.4. The quantitative estimate of drug-likeness (QED) is 0.428. The Balaban J connectivity index is 2.01. The van der Waals surface area contributed by atoms with Gasteiger partial charge >= 0.3 is 0 Å². The molecule has 30 heavy (non-hydrogen) atoms. The van der Waals surface area contributed by atoms with Crippen LogP contribution in [0.15, 0.2) is 54.6 Å². The Hall–Kier alpha value is -1.64. The first kappa shape index (κ1) is 24.6. The van der Waals surface area contributed by atoms with Gasteiger partial charge in [-0.25, -0.2) is 0 Å². The molecule has 0 aliphatic carbocycles. The van der Waals surface area contributed by atoms with E-state index in [1.165, 1.54) is 16.7 Å². The van der Waals surface area contributed by atoms with Crippen molar-refractivity contribution in [2.45, 2.75) is 86.5 Å². The van der Waals surface area contributed by atoms with E-state index in [0.717, 1.165) is 19.4 Å². The smallest absolute Gasteiger partial charge is 0.0801 e. The molecule has 0 heterocycles. The summed E-state index contributed by atoms with van der Waals surface area (Å²) in [4.78, 5) is 0. The predicted molar refractivity (Wildman–Crippen MR) is 128 cm³/mol. The Morgan fingerprint density at radius 2 is 1.40 bits per heavy atom. The van der Waals surface area contributed by atoms with E-state index in [9.17, 15) is 0 Å². The highest BCUT2D eigenvalue weighted by Crippen LogP contribution is 2.31. The third-order valence-electron chi connectivity index (χ3n) is 5.99. The average molecular weight is 411 g/mol. The van der Waals surface area contributed by atoms with Gasteiger partial charge in [0.1, 0.15) is 0 Å². The van der Waals surface area contributed by atoms with Crippen LogP contribution in [0.2, 0.25) is 0 Å². The van der Waals surface area contributed by atoms with Crippen LogP contribution in [0.25, 0.3) is 0 Å². The number of hydrogen-bond donors (Lipinski definition) is 0. The van der Waals surface area contributed by atoms with Crippen LogP contribution >= 0.6 is 0 Å². The molecule has 2 heteroatoms. The maximum Gasteiger partial charge on any atom is 0.0801 e.